The summed E-state index contributed by atoms with van der Waals surface area (Å²) in [7, 11) is 0. The number of carbonyl (C=O) groups is 1. The summed E-state index contributed by atoms with van der Waals surface area (Å²) in [4.78, 5) is 16.2. The average molecular weight is 278 g/mol. The van der Waals surface area contributed by atoms with Crippen LogP contribution in [0.3, 0.4) is 0 Å². The minimum Gasteiger partial charge on any atom is -0.389 e. The number of hydrogen-bond acceptors (Lipinski definition) is 3. The lowest BCUT2D eigenvalue weighted by atomic mass is 10.1. The van der Waals surface area contributed by atoms with Crippen LogP contribution >= 0.6 is 0 Å². The van der Waals surface area contributed by atoms with Crippen LogP contribution in [-0.4, -0.2) is 52.6 Å². The molecule has 2 heterocycles. The molecule has 1 aromatic rings. The molecule has 1 N–H and O–H groups in total. The largest absolute Gasteiger partial charge is 0.389 e. The maximum Gasteiger partial charge on any atom is 0.240 e. The molecule has 1 aromatic carbocycles. The van der Waals surface area contributed by atoms with E-state index in [2.05, 4.69) is 4.90 Å². The Morgan fingerprint density at radius 3 is 2.65 bits per heavy atom. The van der Waals surface area contributed by atoms with E-state index in [0.717, 1.165) is 24.9 Å². The molecule has 20 heavy (non-hydrogen) atoms. The van der Waals surface area contributed by atoms with Gasteiger partial charge in [-0.15, -0.1) is 0 Å². The lowest BCUT2D eigenvalue weighted by molar-refractivity contribution is -0.146. The van der Waals surface area contributed by atoms with Crippen molar-refractivity contribution in [2.24, 2.45) is 0 Å². The van der Waals surface area contributed by atoms with Gasteiger partial charge in [0.05, 0.1) is 12.1 Å². The summed E-state index contributed by atoms with van der Waals surface area (Å²) in [6.45, 7) is 2.48. The molecule has 0 aliphatic carbocycles. The highest BCUT2D eigenvalue weighted by Gasteiger charge is 2.38. The molecule has 0 saturated carbocycles. The molecule has 4 nitrogen and oxygen atoms in total. The Kier molecular flexibility index (Phi) is 3.72. The highest BCUT2D eigenvalue weighted by atomic mass is 19.1. The first-order valence-corrected chi connectivity index (χ1v) is 7.09. The van der Waals surface area contributed by atoms with Crippen LogP contribution in [0.1, 0.15) is 18.4 Å². The number of rotatable bonds is 3. The van der Waals surface area contributed by atoms with Crippen molar-refractivity contribution in [3.05, 3.63) is 35.6 Å². The van der Waals surface area contributed by atoms with Gasteiger partial charge in [0.2, 0.25) is 5.91 Å². The van der Waals surface area contributed by atoms with Crippen molar-refractivity contribution in [3.63, 3.8) is 0 Å². The van der Waals surface area contributed by atoms with Gasteiger partial charge in [-0.3, -0.25) is 9.69 Å². The van der Waals surface area contributed by atoms with Gasteiger partial charge in [0.1, 0.15) is 5.82 Å². The summed E-state index contributed by atoms with van der Waals surface area (Å²) < 4.78 is 12.9. The Morgan fingerprint density at radius 2 is 2.00 bits per heavy atom. The van der Waals surface area contributed by atoms with Crippen LogP contribution in [0.15, 0.2) is 24.3 Å². The van der Waals surface area contributed by atoms with Crippen LogP contribution < -0.4 is 0 Å². The lowest BCUT2D eigenvalue weighted by Gasteiger charge is -2.39. The smallest absolute Gasteiger partial charge is 0.240 e. The molecule has 2 aliphatic rings. The number of β-amino-alcohol motifs (C(OH)–C–C–N with tert-alkyl or cyclic N) is 1. The topological polar surface area (TPSA) is 43.8 Å². The van der Waals surface area contributed by atoms with E-state index in [1.165, 1.54) is 12.1 Å². The second-order valence-corrected chi connectivity index (χ2v) is 5.65. The molecule has 2 saturated heterocycles. The fourth-order valence-electron chi connectivity index (χ4n) is 2.97. The van der Waals surface area contributed by atoms with Gasteiger partial charge in [0.15, 0.2) is 0 Å². The Bertz CT molecular complexity index is 485. The fraction of sp³-hybridized carbons (Fsp3) is 0.533. The normalized spacial score (nSPS) is 23.9. The maximum absolute atomic E-state index is 12.9. The summed E-state index contributed by atoms with van der Waals surface area (Å²) in [5, 5.41) is 9.29. The summed E-state index contributed by atoms with van der Waals surface area (Å²) >= 11 is 0. The number of halogens is 1. The number of aliphatic hydroxyl groups is 1. The van der Waals surface area contributed by atoms with Crippen molar-refractivity contribution in [3.8, 4) is 0 Å². The second kappa shape index (κ2) is 5.50. The third-order valence-electron chi connectivity index (χ3n) is 4.12. The Hall–Kier alpha value is -1.46. The second-order valence-electron chi connectivity index (χ2n) is 5.65. The van der Waals surface area contributed by atoms with Gasteiger partial charge in [-0.1, -0.05) is 12.1 Å². The molecule has 1 atom stereocenters. The molecular weight excluding hydrogens is 259 g/mol. The third-order valence-corrected chi connectivity index (χ3v) is 4.12. The molecule has 0 aromatic heterocycles. The van der Waals surface area contributed by atoms with Crippen LogP contribution in [0.4, 0.5) is 4.39 Å². The van der Waals surface area contributed by atoms with Crippen molar-refractivity contribution < 1.29 is 14.3 Å². The summed E-state index contributed by atoms with van der Waals surface area (Å²) in [5.41, 5.74) is 1.02. The monoisotopic (exact) mass is 278 g/mol. The van der Waals surface area contributed by atoms with Crippen molar-refractivity contribution >= 4 is 5.91 Å². The van der Waals surface area contributed by atoms with E-state index in [9.17, 15) is 14.3 Å². The molecule has 0 bridgehead atoms. The highest BCUT2D eigenvalue weighted by molar-refractivity contribution is 5.83. The summed E-state index contributed by atoms with van der Waals surface area (Å²) in [6, 6.07) is 6.35. The molecule has 0 radical (unpaired) electrons. The van der Waals surface area contributed by atoms with Crippen molar-refractivity contribution in [1.82, 2.24) is 9.80 Å². The number of amides is 1. The molecule has 3 rings (SSSR count). The van der Waals surface area contributed by atoms with Crippen molar-refractivity contribution in [2.75, 3.05) is 19.6 Å². The first-order chi connectivity index (χ1) is 9.63. The standard InChI is InChI=1S/C15H19FN2O2/c16-12-5-3-11(4-6-12)8-17-7-1-2-14(17)15(20)18-9-13(19)10-18/h3-6,13-14,19H,1-2,7-10H2. The Labute approximate surface area is 117 Å². The molecule has 0 spiro atoms. The summed E-state index contributed by atoms with van der Waals surface area (Å²) in [6.07, 6.45) is 1.52. The minimum atomic E-state index is -0.356. The lowest BCUT2D eigenvalue weighted by Crippen LogP contribution is -2.58. The predicted octanol–water partition coefficient (Wildman–Crippen LogP) is 0.993. The molecule has 2 aliphatic heterocycles. The first kappa shape index (κ1) is 13.5. The van der Waals surface area contributed by atoms with Crippen LogP contribution in [0.2, 0.25) is 0 Å². The van der Waals surface area contributed by atoms with E-state index < -0.39 is 0 Å². The molecule has 5 heteroatoms. The molecular formula is C15H19FN2O2. The molecule has 2 fully saturated rings. The Balaban J connectivity index is 1.63. The van der Waals surface area contributed by atoms with Gasteiger partial charge in [-0.2, -0.15) is 0 Å². The van der Waals surface area contributed by atoms with E-state index in [1.54, 1.807) is 17.0 Å². The molecule has 1 amide bonds. The van der Waals surface area contributed by atoms with Crippen LogP contribution in [0, 0.1) is 5.82 Å². The van der Waals surface area contributed by atoms with Gasteiger partial charge < -0.3 is 10.0 Å². The van der Waals surface area contributed by atoms with E-state index in [-0.39, 0.29) is 23.9 Å². The molecule has 108 valence electrons. The zero-order valence-electron chi connectivity index (χ0n) is 11.3. The highest BCUT2D eigenvalue weighted by Crippen LogP contribution is 2.23. The van der Waals surface area contributed by atoms with E-state index in [0.29, 0.717) is 19.6 Å². The molecule has 1 unspecified atom stereocenters. The minimum absolute atomic E-state index is 0.0902. The van der Waals surface area contributed by atoms with E-state index >= 15 is 0 Å². The van der Waals surface area contributed by atoms with E-state index in [4.69, 9.17) is 0 Å². The fourth-order valence-corrected chi connectivity index (χ4v) is 2.97. The van der Waals surface area contributed by atoms with Gasteiger partial charge in [0.25, 0.3) is 0 Å². The van der Waals surface area contributed by atoms with Crippen molar-refractivity contribution in [1.29, 1.82) is 0 Å². The van der Waals surface area contributed by atoms with Crippen molar-refractivity contribution in [2.45, 2.75) is 31.5 Å². The van der Waals surface area contributed by atoms with Crippen LogP contribution in [-0.2, 0) is 11.3 Å². The van der Waals surface area contributed by atoms with Gasteiger partial charge >= 0.3 is 0 Å². The number of carbonyl (C=O) groups excluding carboxylic acids is 1. The zero-order chi connectivity index (χ0) is 14.1. The van der Waals surface area contributed by atoms with Gasteiger partial charge in [-0.25, -0.2) is 4.39 Å². The Morgan fingerprint density at radius 1 is 1.30 bits per heavy atom. The first-order valence-electron chi connectivity index (χ1n) is 7.09. The zero-order valence-corrected chi connectivity index (χ0v) is 11.3. The van der Waals surface area contributed by atoms with Gasteiger partial charge in [0, 0.05) is 19.6 Å². The number of hydrogen-bond donors (Lipinski definition) is 1. The maximum atomic E-state index is 12.9. The van der Waals surface area contributed by atoms with Crippen LogP contribution in [0.5, 0.6) is 0 Å². The number of aliphatic hydroxyl groups excluding tert-OH is 1. The quantitative estimate of drug-likeness (QED) is 0.897. The number of benzene rings is 1. The predicted molar refractivity (Wildman–Crippen MR) is 72.4 cm³/mol. The van der Waals surface area contributed by atoms with E-state index in [1.807, 2.05) is 0 Å². The average Bonchev–Trinajstić information content (AvgIpc) is 2.85. The number of likely N-dealkylation sites (tertiary alicyclic amines) is 2. The SMILES string of the molecule is O=C(C1CCCN1Cc1ccc(F)cc1)N1CC(O)C1. The number of nitrogens with zero attached hydrogens (tertiary/aromatic N) is 2. The summed E-state index contributed by atoms with van der Waals surface area (Å²) in [5.74, 6) is -0.118. The van der Waals surface area contributed by atoms with Crippen LogP contribution in [0.25, 0.3) is 0 Å². The van der Waals surface area contributed by atoms with Gasteiger partial charge in [-0.05, 0) is 37.1 Å². The third kappa shape index (κ3) is 2.69.